The number of anilines is 1. The lowest BCUT2D eigenvalue weighted by Gasteiger charge is -2.32. The summed E-state index contributed by atoms with van der Waals surface area (Å²) in [6.45, 7) is 1.47. The number of rotatable bonds is 4. The molecule has 1 unspecified atom stereocenters. The highest BCUT2D eigenvalue weighted by atomic mass is 35.5. The van der Waals surface area contributed by atoms with E-state index in [9.17, 15) is 4.79 Å². The number of thiophene rings is 1. The molecule has 2 heterocycles. The fourth-order valence-electron chi connectivity index (χ4n) is 3.70. The Labute approximate surface area is 155 Å². The molecule has 0 spiro atoms. The first-order chi connectivity index (χ1) is 11.6. The monoisotopic (exact) mass is 381 g/mol. The van der Waals surface area contributed by atoms with E-state index in [4.69, 9.17) is 23.2 Å². The van der Waals surface area contributed by atoms with Crippen molar-refractivity contribution in [2.75, 3.05) is 18.4 Å². The summed E-state index contributed by atoms with van der Waals surface area (Å²) >= 11 is 14.2. The molecule has 24 heavy (non-hydrogen) atoms. The van der Waals surface area contributed by atoms with E-state index in [0.717, 1.165) is 18.9 Å². The van der Waals surface area contributed by atoms with Gasteiger partial charge in [0.1, 0.15) is 6.04 Å². The second-order valence-electron chi connectivity index (χ2n) is 6.59. The summed E-state index contributed by atoms with van der Waals surface area (Å²) in [7, 11) is 0. The number of para-hydroxylation sites is 1. The summed E-state index contributed by atoms with van der Waals surface area (Å²) in [6.07, 6.45) is 3.62. The Bertz CT molecular complexity index is 752. The van der Waals surface area contributed by atoms with Crippen molar-refractivity contribution in [3.63, 3.8) is 0 Å². The Morgan fingerprint density at radius 2 is 2.00 bits per heavy atom. The normalized spacial score (nSPS) is 22.9. The smallest absolute Gasteiger partial charge is 0.279 e. The van der Waals surface area contributed by atoms with Gasteiger partial charge in [0, 0.05) is 22.8 Å². The molecule has 1 aliphatic heterocycles. The zero-order valence-corrected chi connectivity index (χ0v) is 15.5. The topological polar surface area (TPSA) is 33.5 Å². The Balaban J connectivity index is 1.49. The van der Waals surface area contributed by atoms with Gasteiger partial charge in [-0.1, -0.05) is 29.3 Å². The van der Waals surface area contributed by atoms with Crippen LogP contribution in [0.2, 0.25) is 10.0 Å². The van der Waals surface area contributed by atoms with Gasteiger partial charge < -0.3 is 10.2 Å². The molecule has 1 aromatic carbocycles. The van der Waals surface area contributed by atoms with Crippen molar-refractivity contribution in [2.24, 2.45) is 5.92 Å². The molecule has 0 saturated heterocycles. The molecule has 1 fully saturated rings. The Morgan fingerprint density at radius 1 is 1.25 bits per heavy atom. The molecule has 4 rings (SSSR count). The summed E-state index contributed by atoms with van der Waals surface area (Å²) in [5.74, 6) is 0.703. The van der Waals surface area contributed by atoms with E-state index in [2.05, 4.69) is 16.8 Å². The van der Waals surface area contributed by atoms with E-state index < -0.39 is 0 Å². The number of nitrogens with one attached hydrogen (secondary N) is 2. The molecular formula is C18H19Cl2N2OS+. The maximum atomic E-state index is 12.6. The summed E-state index contributed by atoms with van der Waals surface area (Å²) in [4.78, 5) is 15.4. The van der Waals surface area contributed by atoms with E-state index in [1.54, 1.807) is 18.2 Å². The zero-order chi connectivity index (χ0) is 16.7. The molecular weight excluding hydrogens is 363 g/mol. The number of carbonyl (C=O) groups is 1. The van der Waals surface area contributed by atoms with Crippen LogP contribution >= 0.6 is 34.5 Å². The van der Waals surface area contributed by atoms with Crippen LogP contribution in [-0.2, 0) is 11.2 Å². The Hall–Kier alpha value is -1.07. The number of fused-ring (bicyclic) bond motifs is 1. The predicted octanol–water partition coefficient (Wildman–Crippen LogP) is 3.59. The number of quaternary nitrogens is 1. The molecule has 2 N–H and O–H groups in total. The minimum absolute atomic E-state index is 0.0238. The molecule has 3 nitrogen and oxygen atoms in total. The number of carbonyl (C=O) groups excluding carboxylic acids is 1. The first-order valence-corrected chi connectivity index (χ1v) is 9.91. The van der Waals surface area contributed by atoms with E-state index in [1.165, 1.54) is 28.2 Å². The maximum Gasteiger partial charge on any atom is 0.279 e. The second kappa shape index (κ2) is 6.68. The van der Waals surface area contributed by atoms with Gasteiger partial charge in [-0.3, -0.25) is 4.79 Å². The van der Waals surface area contributed by atoms with Gasteiger partial charge >= 0.3 is 0 Å². The number of hydrogen-bond acceptors (Lipinski definition) is 2. The quantitative estimate of drug-likeness (QED) is 0.833. The molecule has 2 aliphatic rings. The third-order valence-electron chi connectivity index (χ3n) is 4.94. The van der Waals surface area contributed by atoms with Crippen LogP contribution in [0.4, 0.5) is 5.69 Å². The van der Waals surface area contributed by atoms with Gasteiger partial charge in [0.2, 0.25) is 0 Å². The van der Waals surface area contributed by atoms with E-state index in [-0.39, 0.29) is 5.91 Å². The minimum Gasteiger partial charge on any atom is -0.320 e. The molecule has 1 saturated carbocycles. The Kier molecular flexibility index (Phi) is 4.56. The lowest BCUT2D eigenvalue weighted by molar-refractivity contribution is -0.928. The molecule has 1 aliphatic carbocycles. The van der Waals surface area contributed by atoms with Crippen LogP contribution in [0.3, 0.4) is 0 Å². The lowest BCUT2D eigenvalue weighted by atomic mass is 9.96. The average Bonchev–Trinajstić information content (AvgIpc) is 3.27. The molecule has 126 valence electrons. The fourth-order valence-corrected chi connectivity index (χ4v) is 5.12. The number of amides is 1. The van der Waals surface area contributed by atoms with E-state index >= 15 is 0 Å². The van der Waals surface area contributed by atoms with Crippen molar-refractivity contribution in [1.29, 1.82) is 0 Å². The highest BCUT2D eigenvalue weighted by Crippen LogP contribution is 2.42. The molecule has 0 bridgehead atoms. The molecule has 1 aromatic heterocycles. The van der Waals surface area contributed by atoms with Crippen LogP contribution < -0.4 is 10.2 Å². The third-order valence-corrected chi connectivity index (χ3v) is 6.56. The number of hydrogen-bond donors (Lipinski definition) is 2. The van der Waals surface area contributed by atoms with Crippen LogP contribution in [0.25, 0.3) is 0 Å². The van der Waals surface area contributed by atoms with Crippen LogP contribution in [0.5, 0.6) is 0 Å². The summed E-state index contributed by atoms with van der Waals surface area (Å²) < 4.78 is 0. The molecule has 6 heteroatoms. The standard InChI is InChI=1S/C18H18Cl2N2OS/c19-13-2-1-3-14(20)17(13)21-16(23)10-22-8-6-15-12(7-9-24-15)18(22)11-4-5-11/h1-3,7,9,11,18H,4-6,8,10H2,(H,21,23)/p+1/t18-/m0/s1. The van der Waals surface area contributed by atoms with Crippen molar-refractivity contribution in [3.05, 3.63) is 50.1 Å². The third kappa shape index (κ3) is 3.21. The van der Waals surface area contributed by atoms with Crippen LogP contribution in [0.15, 0.2) is 29.6 Å². The van der Waals surface area contributed by atoms with Gasteiger partial charge in [-0.2, -0.15) is 0 Å². The van der Waals surface area contributed by atoms with Gasteiger partial charge in [-0.15, -0.1) is 11.3 Å². The van der Waals surface area contributed by atoms with Crippen LogP contribution in [-0.4, -0.2) is 19.0 Å². The fraction of sp³-hybridized carbons (Fsp3) is 0.389. The largest absolute Gasteiger partial charge is 0.320 e. The van der Waals surface area contributed by atoms with E-state index in [1.807, 2.05) is 11.3 Å². The lowest BCUT2D eigenvalue weighted by Crippen LogP contribution is -3.14. The first-order valence-electron chi connectivity index (χ1n) is 8.28. The number of benzene rings is 1. The minimum atomic E-state index is -0.0238. The van der Waals surface area contributed by atoms with Crippen molar-refractivity contribution >= 4 is 46.1 Å². The SMILES string of the molecule is O=C(C[NH+]1CCc2sccc2[C@@H]1C1CC1)Nc1c(Cl)cccc1Cl. The highest BCUT2D eigenvalue weighted by molar-refractivity contribution is 7.10. The molecule has 0 radical (unpaired) electrons. The van der Waals surface area contributed by atoms with Gasteiger partial charge in [0.05, 0.1) is 22.3 Å². The first kappa shape index (κ1) is 16.4. The van der Waals surface area contributed by atoms with Gasteiger partial charge in [-0.25, -0.2) is 0 Å². The zero-order valence-electron chi connectivity index (χ0n) is 13.1. The van der Waals surface area contributed by atoms with Gasteiger partial charge in [-0.05, 0) is 36.4 Å². The second-order valence-corrected chi connectivity index (χ2v) is 8.41. The predicted molar refractivity (Wildman–Crippen MR) is 99.3 cm³/mol. The Morgan fingerprint density at radius 3 is 2.71 bits per heavy atom. The summed E-state index contributed by atoms with van der Waals surface area (Å²) in [5.41, 5.74) is 1.98. The van der Waals surface area contributed by atoms with Gasteiger partial charge in [0.15, 0.2) is 6.54 Å². The summed E-state index contributed by atoms with van der Waals surface area (Å²) in [6, 6.07) is 7.97. The molecule has 2 aromatic rings. The van der Waals surface area contributed by atoms with Crippen LogP contribution in [0, 0.1) is 5.92 Å². The van der Waals surface area contributed by atoms with Crippen molar-refractivity contribution in [2.45, 2.75) is 25.3 Å². The number of halogens is 2. The highest BCUT2D eigenvalue weighted by Gasteiger charge is 2.43. The van der Waals surface area contributed by atoms with Gasteiger partial charge in [0.25, 0.3) is 5.91 Å². The molecule has 2 atom stereocenters. The maximum absolute atomic E-state index is 12.6. The van der Waals surface area contributed by atoms with Crippen molar-refractivity contribution in [1.82, 2.24) is 0 Å². The van der Waals surface area contributed by atoms with Crippen molar-refractivity contribution in [3.8, 4) is 0 Å². The molecule has 1 amide bonds. The van der Waals surface area contributed by atoms with Crippen molar-refractivity contribution < 1.29 is 9.69 Å². The van der Waals surface area contributed by atoms with E-state index in [0.29, 0.717) is 28.3 Å². The average molecular weight is 382 g/mol. The summed E-state index contributed by atoms with van der Waals surface area (Å²) in [5, 5.41) is 6.04. The van der Waals surface area contributed by atoms with Crippen LogP contribution in [0.1, 0.15) is 29.3 Å².